The van der Waals surface area contributed by atoms with Crippen LogP contribution in [0.5, 0.6) is 0 Å². The topological polar surface area (TPSA) is 95.5 Å². The van der Waals surface area contributed by atoms with Gasteiger partial charge in [0.15, 0.2) is 0 Å². The molecule has 0 radical (unpaired) electrons. The zero-order valence-electron chi connectivity index (χ0n) is 11.8. The third-order valence-electron chi connectivity index (χ3n) is 2.75. The molecule has 0 unspecified atom stereocenters. The van der Waals surface area contributed by atoms with Gasteiger partial charge in [0.25, 0.3) is 5.91 Å². The van der Waals surface area contributed by atoms with Gasteiger partial charge in [0.2, 0.25) is 5.91 Å². The minimum Gasteiger partial charge on any atom is -0.480 e. The molecule has 0 spiro atoms. The number of allylic oxidation sites excluding steroid dienone is 1. The number of hydrogen-bond donors (Lipinski definition) is 3. The number of nitrogens with one attached hydrogen (secondary N) is 2. The Bertz CT molecular complexity index is 554. The molecule has 6 nitrogen and oxygen atoms in total. The number of carbonyl (C=O) groups is 3. The van der Waals surface area contributed by atoms with Gasteiger partial charge in [-0.1, -0.05) is 18.2 Å². The first kappa shape index (κ1) is 16.4. The number of hydrogen-bond acceptors (Lipinski definition) is 3. The Hall–Kier alpha value is -2.63. The lowest BCUT2D eigenvalue weighted by Crippen LogP contribution is -2.40. The van der Waals surface area contributed by atoms with Crippen LogP contribution in [0.4, 0.5) is 5.69 Å². The molecule has 1 atom stereocenters. The summed E-state index contributed by atoms with van der Waals surface area (Å²) >= 11 is 0. The van der Waals surface area contributed by atoms with Gasteiger partial charge in [0, 0.05) is 6.92 Å². The zero-order chi connectivity index (χ0) is 15.8. The summed E-state index contributed by atoms with van der Waals surface area (Å²) in [4.78, 5) is 34.4. The van der Waals surface area contributed by atoms with E-state index in [2.05, 4.69) is 17.2 Å². The standard InChI is InChI=1S/C15H18N2O4/c1-3-4-8-13(15(20)21)17-14(19)11-7-5-6-9-12(11)16-10(2)18/h3,5-7,9,13H,1,4,8H2,2H3,(H,16,18)(H,17,19)(H,20,21)/t13-/m1/s1. The van der Waals surface area contributed by atoms with E-state index in [1.165, 1.54) is 13.0 Å². The first-order valence-electron chi connectivity index (χ1n) is 6.47. The predicted molar refractivity (Wildman–Crippen MR) is 79.1 cm³/mol. The number of rotatable bonds is 7. The second-order valence-corrected chi connectivity index (χ2v) is 4.46. The highest BCUT2D eigenvalue weighted by molar-refractivity contribution is 6.04. The summed E-state index contributed by atoms with van der Waals surface area (Å²) in [5.41, 5.74) is 0.563. The van der Waals surface area contributed by atoms with Crippen molar-refractivity contribution in [2.75, 3.05) is 5.32 Å². The molecule has 2 amide bonds. The van der Waals surface area contributed by atoms with Gasteiger partial charge in [-0.2, -0.15) is 0 Å². The Morgan fingerprint density at radius 2 is 2.00 bits per heavy atom. The second kappa shape index (κ2) is 7.84. The van der Waals surface area contributed by atoms with Gasteiger partial charge < -0.3 is 15.7 Å². The van der Waals surface area contributed by atoms with Crippen molar-refractivity contribution in [3.8, 4) is 0 Å². The molecule has 0 saturated carbocycles. The van der Waals surface area contributed by atoms with Crippen molar-refractivity contribution in [1.82, 2.24) is 5.32 Å². The van der Waals surface area contributed by atoms with Crippen molar-refractivity contribution in [2.24, 2.45) is 0 Å². The highest BCUT2D eigenvalue weighted by atomic mass is 16.4. The lowest BCUT2D eigenvalue weighted by molar-refractivity contribution is -0.139. The van der Waals surface area contributed by atoms with Crippen LogP contribution in [0.1, 0.15) is 30.1 Å². The lowest BCUT2D eigenvalue weighted by Gasteiger charge is -2.15. The molecule has 0 saturated heterocycles. The summed E-state index contributed by atoms with van der Waals surface area (Å²) in [6.45, 7) is 4.86. The van der Waals surface area contributed by atoms with Gasteiger partial charge in [-0.15, -0.1) is 6.58 Å². The van der Waals surface area contributed by atoms with E-state index in [0.717, 1.165) is 0 Å². The van der Waals surface area contributed by atoms with Crippen LogP contribution in [0, 0.1) is 0 Å². The largest absolute Gasteiger partial charge is 0.480 e. The van der Waals surface area contributed by atoms with Crippen molar-refractivity contribution in [3.63, 3.8) is 0 Å². The van der Waals surface area contributed by atoms with Gasteiger partial charge in [-0.05, 0) is 25.0 Å². The van der Waals surface area contributed by atoms with Crippen LogP contribution >= 0.6 is 0 Å². The van der Waals surface area contributed by atoms with Gasteiger partial charge in [-0.25, -0.2) is 4.79 Å². The zero-order valence-corrected chi connectivity index (χ0v) is 11.8. The third kappa shape index (κ3) is 5.10. The molecule has 112 valence electrons. The fourth-order valence-corrected chi connectivity index (χ4v) is 1.76. The van der Waals surface area contributed by atoms with Crippen molar-refractivity contribution in [3.05, 3.63) is 42.5 Å². The van der Waals surface area contributed by atoms with Crippen LogP contribution in [0.15, 0.2) is 36.9 Å². The average Bonchev–Trinajstić information content (AvgIpc) is 2.42. The third-order valence-corrected chi connectivity index (χ3v) is 2.75. The van der Waals surface area contributed by atoms with Crippen LogP contribution in [0.2, 0.25) is 0 Å². The van der Waals surface area contributed by atoms with Crippen molar-refractivity contribution < 1.29 is 19.5 Å². The maximum Gasteiger partial charge on any atom is 0.326 e. The highest BCUT2D eigenvalue weighted by Crippen LogP contribution is 2.15. The number of benzene rings is 1. The maximum absolute atomic E-state index is 12.2. The van der Waals surface area contributed by atoms with Crippen LogP contribution in [-0.2, 0) is 9.59 Å². The predicted octanol–water partition coefficient (Wildman–Crippen LogP) is 1.79. The Morgan fingerprint density at radius 1 is 1.33 bits per heavy atom. The van der Waals surface area contributed by atoms with Gasteiger partial charge in [0.05, 0.1) is 11.3 Å². The minimum atomic E-state index is -1.11. The second-order valence-electron chi connectivity index (χ2n) is 4.46. The minimum absolute atomic E-state index is 0.220. The summed E-state index contributed by atoms with van der Waals surface area (Å²) in [5, 5.41) is 14.1. The lowest BCUT2D eigenvalue weighted by atomic mass is 10.1. The summed E-state index contributed by atoms with van der Waals surface area (Å²) in [6.07, 6.45) is 2.32. The Kier molecular flexibility index (Phi) is 6.13. The first-order valence-corrected chi connectivity index (χ1v) is 6.47. The molecule has 6 heteroatoms. The number of anilines is 1. The smallest absolute Gasteiger partial charge is 0.326 e. The van der Waals surface area contributed by atoms with E-state index in [0.29, 0.717) is 12.1 Å². The van der Waals surface area contributed by atoms with E-state index in [1.807, 2.05) is 0 Å². The van der Waals surface area contributed by atoms with E-state index in [9.17, 15) is 14.4 Å². The first-order chi connectivity index (χ1) is 9.95. The monoisotopic (exact) mass is 290 g/mol. The fourth-order valence-electron chi connectivity index (χ4n) is 1.76. The van der Waals surface area contributed by atoms with E-state index in [-0.39, 0.29) is 17.9 Å². The molecular weight excluding hydrogens is 272 g/mol. The van der Waals surface area contributed by atoms with Crippen LogP contribution in [-0.4, -0.2) is 28.9 Å². The molecule has 3 N–H and O–H groups in total. The summed E-state index contributed by atoms with van der Waals surface area (Å²) < 4.78 is 0. The van der Waals surface area contributed by atoms with Crippen molar-refractivity contribution >= 4 is 23.5 Å². The highest BCUT2D eigenvalue weighted by Gasteiger charge is 2.21. The van der Waals surface area contributed by atoms with E-state index in [4.69, 9.17) is 5.11 Å². The normalized spacial score (nSPS) is 11.3. The molecular formula is C15H18N2O4. The van der Waals surface area contributed by atoms with Crippen molar-refractivity contribution in [1.29, 1.82) is 0 Å². The quantitative estimate of drug-likeness (QED) is 0.667. The SMILES string of the molecule is C=CCC[C@@H](NC(=O)c1ccccc1NC(C)=O)C(=O)O. The molecule has 0 aliphatic rings. The Morgan fingerprint density at radius 3 is 2.57 bits per heavy atom. The van der Waals surface area contributed by atoms with Crippen LogP contribution < -0.4 is 10.6 Å². The summed E-state index contributed by atoms with van der Waals surface area (Å²) in [7, 11) is 0. The Balaban J connectivity index is 2.89. The summed E-state index contributed by atoms with van der Waals surface area (Å²) in [6, 6.07) is 5.41. The molecule has 0 heterocycles. The maximum atomic E-state index is 12.2. The average molecular weight is 290 g/mol. The van der Waals surface area contributed by atoms with E-state index < -0.39 is 17.9 Å². The molecule has 0 aromatic heterocycles. The molecule has 1 aromatic rings. The number of para-hydroxylation sites is 1. The summed E-state index contributed by atoms with van der Waals surface area (Å²) in [5.74, 6) is -1.96. The van der Waals surface area contributed by atoms with Crippen molar-refractivity contribution in [2.45, 2.75) is 25.8 Å². The number of carboxylic acids is 1. The van der Waals surface area contributed by atoms with E-state index in [1.54, 1.807) is 24.3 Å². The molecule has 0 bridgehead atoms. The molecule has 0 aliphatic carbocycles. The molecule has 1 aromatic carbocycles. The van der Waals surface area contributed by atoms with Gasteiger partial charge >= 0.3 is 5.97 Å². The fraction of sp³-hybridized carbons (Fsp3) is 0.267. The molecule has 1 rings (SSSR count). The number of aliphatic carboxylic acids is 1. The van der Waals surface area contributed by atoms with E-state index >= 15 is 0 Å². The van der Waals surface area contributed by atoms with Crippen LogP contribution in [0.3, 0.4) is 0 Å². The number of carboxylic acid groups (broad SMARTS) is 1. The van der Waals surface area contributed by atoms with Crippen LogP contribution in [0.25, 0.3) is 0 Å². The number of carbonyl (C=O) groups excluding carboxylic acids is 2. The number of amides is 2. The Labute approximate surface area is 122 Å². The molecule has 21 heavy (non-hydrogen) atoms. The van der Waals surface area contributed by atoms with Gasteiger partial charge in [-0.3, -0.25) is 9.59 Å². The van der Waals surface area contributed by atoms with Gasteiger partial charge in [0.1, 0.15) is 6.04 Å². The molecule has 0 aliphatic heterocycles. The molecule has 0 fully saturated rings.